The Morgan fingerprint density at radius 2 is 1.43 bits per heavy atom. The summed E-state index contributed by atoms with van der Waals surface area (Å²) in [5, 5.41) is 11.6. The Kier molecular flexibility index (Phi) is 6.34. The van der Waals surface area contributed by atoms with Gasteiger partial charge in [0.1, 0.15) is 0 Å². The summed E-state index contributed by atoms with van der Waals surface area (Å²) >= 11 is 0. The number of aromatic nitrogens is 1. The molecular formula is C18H27N5. The van der Waals surface area contributed by atoms with Crippen LogP contribution in [0.1, 0.15) is 5.69 Å². The molecule has 5 heteroatoms. The lowest BCUT2D eigenvalue weighted by atomic mass is 10.2. The van der Waals surface area contributed by atoms with E-state index >= 15 is 0 Å². The lowest BCUT2D eigenvalue weighted by Crippen LogP contribution is -2.41. The maximum absolute atomic E-state index is 4.81. The van der Waals surface area contributed by atoms with Gasteiger partial charge in [-0.25, -0.2) is 0 Å². The van der Waals surface area contributed by atoms with E-state index in [2.05, 4.69) is 57.2 Å². The van der Waals surface area contributed by atoms with Gasteiger partial charge in [0.25, 0.3) is 0 Å². The van der Waals surface area contributed by atoms with Crippen LogP contribution in [0.25, 0.3) is 10.9 Å². The van der Waals surface area contributed by atoms with Crippen molar-refractivity contribution < 1.29 is 0 Å². The fourth-order valence-electron chi connectivity index (χ4n) is 2.90. The summed E-state index contributed by atoms with van der Waals surface area (Å²) in [5.41, 5.74) is 2.24. The second-order valence-electron chi connectivity index (χ2n) is 6.02. The van der Waals surface area contributed by atoms with Gasteiger partial charge in [-0.05, 0) is 12.1 Å². The molecule has 1 aliphatic rings. The highest BCUT2D eigenvalue weighted by Gasteiger charge is 2.08. The Hall–Kier alpha value is -1.53. The average molecular weight is 313 g/mol. The Balaban J connectivity index is 1.61. The van der Waals surface area contributed by atoms with Crippen LogP contribution < -0.4 is 16.0 Å². The summed E-state index contributed by atoms with van der Waals surface area (Å²) in [6, 6.07) is 12.7. The van der Waals surface area contributed by atoms with Crippen LogP contribution >= 0.6 is 0 Å². The maximum Gasteiger partial charge on any atom is 0.0705 e. The molecule has 0 unspecified atom stereocenters. The summed E-state index contributed by atoms with van der Waals surface area (Å²) in [7, 11) is 0. The minimum absolute atomic E-state index is 0.909. The number of nitrogens with one attached hydrogen (secondary N) is 3. The van der Waals surface area contributed by atoms with Crippen LogP contribution in [0.3, 0.4) is 0 Å². The highest BCUT2D eigenvalue weighted by Crippen LogP contribution is 2.12. The van der Waals surface area contributed by atoms with Gasteiger partial charge < -0.3 is 16.0 Å². The molecule has 1 aromatic carbocycles. The third-order valence-electron chi connectivity index (χ3n) is 4.21. The van der Waals surface area contributed by atoms with E-state index in [9.17, 15) is 0 Å². The Bertz CT molecular complexity index is 589. The van der Waals surface area contributed by atoms with Crippen LogP contribution in [0.15, 0.2) is 36.4 Å². The van der Waals surface area contributed by atoms with Gasteiger partial charge in [-0.1, -0.05) is 24.3 Å². The molecule has 0 bridgehead atoms. The maximum atomic E-state index is 4.81. The van der Waals surface area contributed by atoms with E-state index in [0.717, 1.165) is 70.1 Å². The van der Waals surface area contributed by atoms with Crippen molar-refractivity contribution in [3.05, 3.63) is 42.1 Å². The molecule has 1 aromatic heterocycles. The van der Waals surface area contributed by atoms with Gasteiger partial charge in [-0.15, -0.1) is 0 Å². The quantitative estimate of drug-likeness (QED) is 0.766. The molecule has 5 nitrogen and oxygen atoms in total. The van der Waals surface area contributed by atoms with Crippen LogP contribution in [0.5, 0.6) is 0 Å². The van der Waals surface area contributed by atoms with Crippen LogP contribution in [-0.2, 0) is 6.54 Å². The van der Waals surface area contributed by atoms with Crippen molar-refractivity contribution in [3.8, 4) is 0 Å². The van der Waals surface area contributed by atoms with Crippen molar-refractivity contribution in [1.29, 1.82) is 0 Å². The first-order chi connectivity index (χ1) is 11.4. The number of fused-ring (bicyclic) bond motifs is 1. The average Bonchev–Trinajstić information content (AvgIpc) is 2.57. The number of rotatable bonds is 2. The number of para-hydroxylation sites is 1. The van der Waals surface area contributed by atoms with E-state index in [1.54, 1.807) is 0 Å². The second kappa shape index (κ2) is 8.93. The summed E-state index contributed by atoms with van der Waals surface area (Å²) in [6.07, 6.45) is 0. The van der Waals surface area contributed by atoms with E-state index in [-0.39, 0.29) is 0 Å². The second-order valence-corrected chi connectivity index (χ2v) is 6.02. The summed E-state index contributed by atoms with van der Waals surface area (Å²) in [5.74, 6) is 0. The molecule has 0 atom stereocenters. The third kappa shape index (κ3) is 5.25. The van der Waals surface area contributed by atoms with Crippen molar-refractivity contribution in [1.82, 2.24) is 25.8 Å². The molecule has 1 saturated heterocycles. The van der Waals surface area contributed by atoms with Gasteiger partial charge in [-0.3, -0.25) is 9.88 Å². The van der Waals surface area contributed by atoms with E-state index < -0.39 is 0 Å². The van der Waals surface area contributed by atoms with Gasteiger partial charge in [0, 0.05) is 64.3 Å². The van der Waals surface area contributed by atoms with Crippen molar-refractivity contribution in [3.63, 3.8) is 0 Å². The zero-order chi connectivity index (χ0) is 15.7. The van der Waals surface area contributed by atoms with Gasteiger partial charge >= 0.3 is 0 Å². The Labute approximate surface area is 138 Å². The molecule has 0 aliphatic carbocycles. The van der Waals surface area contributed by atoms with Gasteiger partial charge in [0.2, 0.25) is 0 Å². The smallest absolute Gasteiger partial charge is 0.0705 e. The molecular weight excluding hydrogens is 286 g/mol. The van der Waals surface area contributed by atoms with Crippen molar-refractivity contribution >= 4 is 10.9 Å². The third-order valence-corrected chi connectivity index (χ3v) is 4.21. The summed E-state index contributed by atoms with van der Waals surface area (Å²) < 4.78 is 0. The molecule has 0 saturated carbocycles. The lowest BCUT2D eigenvalue weighted by Gasteiger charge is -2.23. The Morgan fingerprint density at radius 1 is 0.783 bits per heavy atom. The van der Waals surface area contributed by atoms with Crippen molar-refractivity contribution in [2.24, 2.45) is 0 Å². The molecule has 124 valence electrons. The van der Waals surface area contributed by atoms with Gasteiger partial charge in [0.05, 0.1) is 11.2 Å². The molecule has 0 radical (unpaired) electrons. The van der Waals surface area contributed by atoms with Crippen LogP contribution in [0.4, 0.5) is 0 Å². The van der Waals surface area contributed by atoms with Crippen LogP contribution in [0.2, 0.25) is 0 Å². The van der Waals surface area contributed by atoms with E-state index in [4.69, 9.17) is 4.98 Å². The van der Waals surface area contributed by atoms with Crippen molar-refractivity contribution in [2.45, 2.75) is 6.54 Å². The summed E-state index contributed by atoms with van der Waals surface area (Å²) in [6.45, 7) is 9.19. The van der Waals surface area contributed by atoms with Crippen LogP contribution in [-0.4, -0.2) is 62.2 Å². The first kappa shape index (κ1) is 16.3. The van der Waals surface area contributed by atoms with E-state index in [0.29, 0.717) is 0 Å². The zero-order valence-electron chi connectivity index (χ0n) is 13.7. The monoisotopic (exact) mass is 313 g/mol. The normalized spacial score (nSPS) is 19.1. The fourth-order valence-corrected chi connectivity index (χ4v) is 2.90. The number of hydrogen-bond acceptors (Lipinski definition) is 5. The first-order valence-corrected chi connectivity index (χ1v) is 8.61. The lowest BCUT2D eigenvalue weighted by molar-refractivity contribution is 0.260. The number of pyridine rings is 1. The standard InChI is InChI=1S/C18H27N5/c1-2-4-18-16(3-1)5-6-17(22-18)15-23-13-11-20-9-7-19-8-10-21-12-14-23/h1-6,19-21H,7-15H2. The SMILES string of the molecule is c1ccc2nc(CN3CCNCCNCCNCC3)ccc2c1. The first-order valence-electron chi connectivity index (χ1n) is 8.61. The van der Waals surface area contributed by atoms with E-state index in [1.807, 2.05) is 0 Å². The van der Waals surface area contributed by atoms with Crippen LogP contribution in [0, 0.1) is 0 Å². The van der Waals surface area contributed by atoms with Gasteiger partial charge in [-0.2, -0.15) is 0 Å². The van der Waals surface area contributed by atoms with E-state index in [1.165, 1.54) is 5.39 Å². The fraction of sp³-hybridized carbons (Fsp3) is 0.500. The zero-order valence-corrected chi connectivity index (χ0v) is 13.7. The highest BCUT2D eigenvalue weighted by molar-refractivity contribution is 5.78. The largest absolute Gasteiger partial charge is 0.314 e. The van der Waals surface area contributed by atoms with Crippen molar-refractivity contribution in [2.75, 3.05) is 52.4 Å². The summed E-state index contributed by atoms with van der Waals surface area (Å²) in [4.78, 5) is 7.28. The molecule has 3 N–H and O–H groups in total. The molecule has 3 rings (SSSR count). The predicted molar refractivity (Wildman–Crippen MR) is 95.6 cm³/mol. The Morgan fingerprint density at radius 3 is 2.17 bits per heavy atom. The number of hydrogen-bond donors (Lipinski definition) is 3. The molecule has 1 aliphatic heterocycles. The molecule has 1 fully saturated rings. The molecule has 2 heterocycles. The number of nitrogens with zero attached hydrogens (tertiary/aromatic N) is 2. The predicted octanol–water partition coefficient (Wildman–Crippen LogP) is 0.819. The minimum Gasteiger partial charge on any atom is -0.314 e. The number of benzene rings is 1. The molecule has 0 amide bonds. The topological polar surface area (TPSA) is 52.2 Å². The van der Waals surface area contributed by atoms with Gasteiger partial charge in [0.15, 0.2) is 0 Å². The molecule has 0 spiro atoms. The molecule has 23 heavy (non-hydrogen) atoms. The molecule has 2 aromatic rings. The minimum atomic E-state index is 0.909. The highest BCUT2D eigenvalue weighted by atomic mass is 15.2.